The van der Waals surface area contributed by atoms with Gasteiger partial charge in [-0.2, -0.15) is 0 Å². The first kappa shape index (κ1) is 10.0. The fourth-order valence-electron chi connectivity index (χ4n) is 1.39. The SMILES string of the molecule is NC(CO)c1c(F)cc2oncc2c1F. The van der Waals surface area contributed by atoms with Gasteiger partial charge in [-0.3, -0.25) is 0 Å². The molecule has 1 aromatic carbocycles. The molecule has 2 rings (SSSR count). The Bertz CT molecular complexity index is 498. The number of aromatic nitrogens is 1. The predicted molar refractivity (Wildman–Crippen MR) is 47.9 cm³/mol. The van der Waals surface area contributed by atoms with Crippen LogP contribution in [0.25, 0.3) is 11.0 Å². The molecule has 0 radical (unpaired) electrons. The summed E-state index contributed by atoms with van der Waals surface area (Å²) < 4.78 is 31.7. The van der Waals surface area contributed by atoms with Crippen LogP contribution in [-0.2, 0) is 0 Å². The smallest absolute Gasteiger partial charge is 0.172 e. The second-order valence-electron chi connectivity index (χ2n) is 3.11. The van der Waals surface area contributed by atoms with E-state index in [-0.39, 0.29) is 16.5 Å². The second-order valence-corrected chi connectivity index (χ2v) is 3.11. The molecule has 0 bridgehead atoms. The summed E-state index contributed by atoms with van der Waals surface area (Å²) in [7, 11) is 0. The molecule has 0 amide bonds. The first-order valence-electron chi connectivity index (χ1n) is 4.24. The third kappa shape index (κ3) is 1.47. The van der Waals surface area contributed by atoms with E-state index in [0.717, 1.165) is 12.3 Å². The highest BCUT2D eigenvalue weighted by Gasteiger charge is 2.20. The number of hydrogen-bond donors (Lipinski definition) is 2. The molecule has 3 N–H and O–H groups in total. The van der Waals surface area contributed by atoms with E-state index >= 15 is 0 Å². The van der Waals surface area contributed by atoms with E-state index in [1.807, 2.05) is 0 Å². The lowest BCUT2D eigenvalue weighted by Crippen LogP contribution is -2.18. The molecule has 2 aromatic rings. The van der Waals surface area contributed by atoms with Crippen LogP contribution in [-0.4, -0.2) is 16.9 Å². The number of benzene rings is 1. The van der Waals surface area contributed by atoms with Gasteiger partial charge in [0.25, 0.3) is 0 Å². The summed E-state index contributed by atoms with van der Waals surface area (Å²) in [5, 5.41) is 12.2. The first-order valence-corrected chi connectivity index (χ1v) is 4.24. The fourth-order valence-corrected chi connectivity index (χ4v) is 1.39. The lowest BCUT2D eigenvalue weighted by atomic mass is 10.0. The summed E-state index contributed by atoms with van der Waals surface area (Å²) in [6.45, 7) is -0.537. The Hall–Kier alpha value is -1.53. The molecule has 6 heteroatoms. The number of aliphatic hydroxyl groups is 1. The summed E-state index contributed by atoms with van der Waals surface area (Å²) in [6, 6.07) is -0.0969. The number of nitrogens with two attached hydrogens (primary N) is 1. The van der Waals surface area contributed by atoms with Gasteiger partial charge in [0.2, 0.25) is 0 Å². The molecule has 1 unspecified atom stereocenters. The van der Waals surface area contributed by atoms with Crippen molar-refractivity contribution in [1.29, 1.82) is 0 Å². The molecule has 1 aromatic heterocycles. The van der Waals surface area contributed by atoms with E-state index in [1.165, 1.54) is 0 Å². The van der Waals surface area contributed by atoms with Gasteiger partial charge in [0.15, 0.2) is 5.58 Å². The molecule has 4 nitrogen and oxygen atoms in total. The highest BCUT2D eigenvalue weighted by atomic mass is 19.1. The monoisotopic (exact) mass is 214 g/mol. The van der Waals surface area contributed by atoms with Gasteiger partial charge < -0.3 is 15.4 Å². The predicted octanol–water partition coefficient (Wildman–Crippen LogP) is 1.10. The maximum atomic E-state index is 13.7. The van der Waals surface area contributed by atoms with Crippen molar-refractivity contribution in [3.8, 4) is 0 Å². The van der Waals surface area contributed by atoms with Crippen molar-refractivity contribution in [3.05, 3.63) is 29.5 Å². The van der Waals surface area contributed by atoms with Gasteiger partial charge in [0.1, 0.15) is 11.6 Å². The molecule has 15 heavy (non-hydrogen) atoms. The fraction of sp³-hybridized carbons (Fsp3) is 0.222. The number of hydrogen-bond acceptors (Lipinski definition) is 4. The zero-order valence-corrected chi connectivity index (χ0v) is 7.58. The Labute approximate surface area is 83.3 Å². The lowest BCUT2D eigenvalue weighted by molar-refractivity contribution is 0.262. The van der Waals surface area contributed by atoms with Crippen LogP contribution in [0.1, 0.15) is 11.6 Å². The molecule has 0 fully saturated rings. The van der Waals surface area contributed by atoms with Crippen molar-refractivity contribution >= 4 is 11.0 Å². The van der Waals surface area contributed by atoms with Gasteiger partial charge in [-0.25, -0.2) is 8.78 Å². The minimum absolute atomic E-state index is 0.0129. The van der Waals surface area contributed by atoms with Gasteiger partial charge in [-0.05, 0) is 0 Å². The van der Waals surface area contributed by atoms with Crippen molar-refractivity contribution < 1.29 is 18.4 Å². The minimum atomic E-state index is -1.09. The summed E-state index contributed by atoms with van der Waals surface area (Å²) >= 11 is 0. The number of fused-ring (bicyclic) bond motifs is 1. The summed E-state index contributed by atoms with van der Waals surface area (Å²) in [4.78, 5) is 0. The van der Waals surface area contributed by atoms with Gasteiger partial charge in [0.05, 0.1) is 24.2 Å². The van der Waals surface area contributed by atoms with Gasteiger partial charge >= 0.3 is 0 Å². The molecule has 0 saturated carbocycles. The highest BCUT2D eigenvalue weighted by Crippen LogP contribution is 2.26. The number of halogens is 2. The van der Waals surface area contributed by atoms with Crippen LogP contribution < -0.4 is 5.73 Å². The van der Waals surface area contributed by atoms with Crippen LogP contribution in [0.3, 0.4) is 0 Å². The van der Waals surface area contributed by atoms with Crippen LogP contribution in [0.4, 0.5) is 8.78 Å². The quantitative estimate of drug-likeness (QED) is 0.785. The summed E-state index contributed by atoms with van der Waals surface area (Å²) in [5.41, 5.74) is 5.03. The molecule has 0 saturated heterocycles. The minimum Gasteiger partial charge on any atom is -0.394 e. The van der Waals surface area contributed by atoms with Crippen LogP contribution in [0.15, 0.2) is 16.8 Å². The zero-order chi connectivity index (χ0) is 11.0. The average molecular weight is 214 g/mol. The van der Waals surface area contributed by atoms with E-state index in [9.17, 15) is 8.78 Å². The second kappa shape index (κ2) is 3.56. The Morgan fingerprint density at radius 3 is 2.93 bits per heavy atom. The number of aliphatic hydroxyl groups excluding tert-OH is 1. The topological polar surface area (TPSA) is 72.3 Å². The number of rotatable bonds is 2. The van der Waals surface area contributed by atoms with Crippen LogP contribution in [0.5, 0.6) is 0 Å². The van der Waals surface area contributed by atoms with E-state index in [2.05, 4.69) is 9.68 Å². The molecule has 0 aliphatic heterocycles. The highest BCUT2D eigenvalue weighted by molar-refractivity contribution is 5.77. The van der Waals surface area contributed by atoms with Crippen molar-refractivity contribution in [2.75, 3.05) is 6.61 Å². The van der Waals surface area contributed by atoms with Crippen LogP contribution >= 0.6 is 0 Å². The normalized spacial score (nSPS) is 13.3. The summed E-state index contributed by atoms with van der Waals surface area (Å²) in [5.74, 6) is -1.69. The molecule has 0 spiro atoms. The van der Waals surface area contributed by atoms with Gasteiger partial charge in [-0.15, -0.1) is 0 Å². The van der Waals surface area contributed by atoms with E-state index in [1.54, 1.807) is 0 Å². The summed E-state index contributed by atoms with van der Waals surface area (Å²) in [6.07, 6.45) is 1.14. The maximum absolute atomic E-state index is 13.7. The third-order valence-corrected chi connectivity index (χ3v) is 2.15. The standard InChI is InChI=1S/C9H8F2N2O2/c10-5-1-7-4(2-13-15-7)9(11)8(5)6(12)3-14/h1-2,6,14H,3,12H2. The molecule has 1 heterocycles. The van der Waals surface area contributed by atoms with E-state index in [0.29, 0.717) is 0 Å². The molecular weight excluding hydrogens is 206 g/mol. The van der Waals surface area contributed by atoms with E-state index < -0.39 is 24.3 Å². The van der Waals surface area contributed by atoms with Crippen molar-refractivity contribution in [2.24, 2.45) is 5.73 Å². The molecule has 0 aliphatic rings. The van der Waals surface area contributed by atoms with Crippen molar-refractivity contribution in [3.63, 3.8) is 0 Å². The molecule has 0 aliphatic carbocycles. The van der Waals surface area contributed by atoms with Gasteiger partial charge in [-0.1, -0.05) is 5.16 Å². The maximum Gasteiger partial charge on any atom is 0.172 e. The van der Waals surface area contributed by atoms with Crippen molar-refractivity contribution in [2.45, 2.75) is 6.04 Å². The average Bonchev–Trinajstić information content (AvgIpc) is 2.65. The Balaban J connectivity index is 2.72. The Kier molecular flexibility index (Phi) is 2.37. The lowest BCUT2D eigenvalue weighted by Gasteiger charge is -2.10. The number of nitrogens with zero attached hydrogens (tertiary/aromatic N) is 1. The Morgan fingerprint density at radius 2 is 2.27 bits per heavy atom. The van der Waals surface area contributed by atoms with Crippen molar-refractivity contribution in [1.82, 2.24) is 5.16 Å². The third-order valence-electron chi connectivity index (χ3n) is 2.15. The first-order chi connectivity index (χ1) is 7.15. The van der Waals surface area contributed by atoms with Crippen LogP contribution in [0, 0.1) is 11.6 Å². The molecular formula is C9H8F2N2O2. The van der Waals surface area contributed by atoms with Crippen LogP contribution in [0.2, 0.25) is 0 Å². The van der Waals surface area contributed by atoms with Gasteiger partial charge in [0, 0.05) is 11.6 Å². The largest absolute Gasteiger partial charge is 0.394 e. The van der Waals surface area contributed by atoms with E-state index in [4.69, 9.17) is 10.8 Å². The zero-order valence-electron chi connectivity index (χ0n) is 7.58. The molecule has 80 valence electrons. The Morgan fingerprint density at radius 1 is 1.53 bits per heavy atom. The molecule has 1 atom stereocenters.